The monoisotopic (exact) mass is 243 g/mol. The molecule has 0 saturated heterocycles. The maximum absolute atomic E-state index is 11.2. The number of nitrogens with zero attached hydrogens (tertiary/aromatic N) is 3. The molecule has 0 bridgehead atoms. The zero-order valence-electron chi connectivity index (χ0n) is 9.31. The van der Waals surface area contributed by atoms with E-state index in [2.05, 4.69) is 14.7 Å². The van der Waals surface area contributed by atoms with Gasteiger partial charge >= 0.3 is 5.97 Å². The minimum Gasteiger partial charge on any atom is -0.468 e. The van der Waals surface area contributed by atoms with E-state index in [1.54, 1.807) is 4.90 Å². The number of hydrogen-bond acceptors (Lipinski definition) is 5. The van der Waals surface area contributed by atoms with Gasteiger partial charge in [0.05, 0.1) is 24.5 Å². The first-order valence-electron chi connectivity index (χ1n) is 4.96. The zero-order valence-corrected chi connectivity index (χ0v) is 10.1. The van der Waals surface area contributed by atoms with Gasteiger partial charge < -0.3 is 9.64 Å². The lowest BCUT2D eigenvalue weighted by Gasteiger charge is -2.20. The van der Waals surface area contributed by atoms with Gasteiger partial charge in [0.25, 0.3) is 0 Å². The average Bonchev–Trinajstić information content (AvgIpc) is 2.29. The molecule has 0 aliphatic heterocycles. The van der Waals surface area contributed by atoms with E-state index in [-0.39, 0.29) is 12.5 Å². The summed E-state index contributed by atoms with van der Waals surface area (Å²) >= 11 is 5.69. The molecule has 1 aromatic heterocycles. The van der Waals surface area contributed by atoms with Crippen LogP contribution in [0.5, 0.6) is 0 Å². The van der Waals surface area contributed by atoms with Crippen LogP contribution in [0.1, 0.15) is 13.3 Å². The highest BCUT2D eigenvalue weighted by Crippen LogP contribution is 2.10. The van der Waals surface area contributed by atoms with E-state index in [0.29, 0.717) is 17.5 Å². The van der Waals surface area contributed by atoms with Crippen molar-refractivity contribution >= 4 is 23.5 Å². The Bertz CT molecular complexity index is 342. The highest BCUT2D eigenvalue weighted by Gasteiger charge is 2.13. The van der Waals surface area contributed by atoms with Crippen LogP contribution in [-0.4, -0.2) is 36.1 Å². The molecule has 0 aliphatic carbocycles. The first kappa shape index (κ1) is 12.7. The third kappa shape index (κ3) is 3.66. The highest BCUT2D eigenvalue weighted by atomic mass is 35.5. The van der Waals surface area contributed by atoms with Crippen LogP contribution in [0.15, 0.2) is 12.4 Å². The Morgan fingerprint density at radius 2 is 2.12 bits per heavy atom. The number of esters is 1. The largest absolute Gasteiger partial charge is 0.468 e. The third-order valence-electron chi connectivity index (χ3n) is 1.93. The van der Waals surface area contributed by atoms with E-state index in [4.69, 9.17) is 11.6 Å². The molecule has 0 radical (unpaired) electrons. The summed E-state index contributed by atoms with van der Waals surface area (Å²) in [7, 11) is 1.36. The van der Waals surface area contributed by atoms with Crippen molar-refractivity contribution in [3.8, 4) is 0 Å². The van der Waals surface area contributed by atoms with Gasteiger partial charge in [0.2, 0.25) is 5.95 Å². The maximum atomic E-state index is 11.2. The standard InChI is InChI=1S/C10H14ClN3O2/c1-3-4-14(7-9(15)16-2)10-12-5-8(11)6-13-10/h5-6H,3-4,7H2,1-2H3. The van der Waals surface area contributed by atoms with Crippen LogP contribution in [-0.2, 0) is 9.53 Å². The molecule has 16 heavy (non-hydrogen) atoms. The van der Waals surface area contributed by atoms with Crippen LogP contribution < -0.4 is 4.90 Å². The Labute approximate surface area is 99.4 Å². The van der Waals surface area contributed by atoms with E-state index in [1.807, 2.05) is 6.92 Å². The molecule has 0 spiro atoms. The molecule has 0 fully saturated rings. The zero-order chi connectivity index (χ0) is 12.0. The second-order valence-electron chi connectivity index (χ2n) is 3.20. The Morgan fingerprint density at radius 3 is 2.62 bits per heavy atom. The highest BCUT2D eigenvalue weighted by molar-refractivity contribution is 6.30. The molecule has 1 rings (SSSR count). The molecule has 88 valence electrons. The summed E-state index contributed by atoms with van der Waals surface area (Å²) in [5, 5.41) is 0.471. The quantitative estimate of drug-likeness (QED) is 0.734. The lowest BCUT2D eigenvalue weighted by Crippen LogP contribution is -2.32. The fourth-order valence-electron chi connectivity index (χ4n) is 1.21. The van der Waals surface area contributed by atoms with Gasteiger partial charge in [0, 0.05) is 6.54 Å². The molecule has 6 heteroatoms. The lowest BCUT2D eigenvalue weighted by atomic mass is 10.4. The SMILES string of the molecule is CCCN(CC(=O)OC)c1ncc(Cl)cn1. The summed E-state index contributed by atoms with van der Waals surface area (Å²) < 4.78 is 4.61. The predicted octanol–water partition coefficient (Wildman–Crippen LogP) is 1.52. The normalized spacial score (nSPS) is 9.94. The molecule has 0 saturated carbocycles. The number of carbonyl (C=O) groups excluding carboxylic acids is 1. The number of aromatic nitrogens is 2. The minimum atomic E-state index is -0.313. The van der Waals surface area contributed by atoms with Crippen LogP contribution in [0.25, 0.3) is 0 Å². The van der Waals surface area contributed by atoms with Crippen molar-refractivity contribution in [3.05, 3.63) is 17.4 Å². The fourth-order valence-corrected chi connectivity index (χ4v) is 1.31. The minimum absolute atomic E-state index is 0.145. The van der Waals surface area contributed by atoms with Gasteiger partial charge in [-0.25, -0.2) is 9.97 Å². The topological polar surface area (TPSA) is 55.3 Å². The number of halogens is 1. The second kappa shape index (κ2) is 6.27. The number of anilines is 1. The Hall–Kier alpha value is -1.36. The predicted molar refractivity (Wildman–Crippen MR) is 61.6 cm³/mol. The summed E-state index contributed by atoms with van der Waals surface area (Å²) in [6, 6.07) is 0. The number of methoxy groups -OCH3 is 1. The smallest absolute Gasteiger partial charge is 0.325 e. The van der Waals surface area contributed by atoms with Crippen molar-refractivity contribution in [3.63, 3.8) is 0 Å². The number of carbonyl (C=O) groups is 1. The maximum Gasteiger partial charge on any atom is 0.325 e. The van der Waals surface area contributed by atoms with Crippen molar-refractivity contribution < 1.29 is 9.53 Å². The third-order valence-corrected chi connectivity index (χ3v) is 2.13. The molecule has 0 aromatic carbocycles. The molecule has 1 aromatic rings. The Balaban J connectivity index is 2.76. The molecule has 0 N–H and O–H groups in total. The molecule has 1 heterocycles. The Morgan fingerprint density at radius 1 is 1.50 bits per heavy atom. The van der Waals surface area contributed by atoms with Crippen LogP contribution in [0.4, 0.5) is 5.95 Å². The number of ether oxygens (including phenoxy) is 1. The summed E-state index contributed by atoms with van der Waals surface area (Å²) in [4.78, 5) is 21.1. The van der Waals surface area contributed by atoms with Gasteiger partial charge in [-0.2, -0.15) is 0 Å². The van der Waals surface area contributed by atoms with Gasteiger partial charge in [0.15, 0.2) is 0 Å². The lowest BCUT2D eigenvalue weighted by molar-refractivity contribution is -0.138. The summed E-state index contributed by atoms with van der Waals surface area (Å²) in [6.45, 7) is 2.85. The summed E-state index contributed by atoms with van der Waals surface area (Å²) in [5.74, 6) is 0.170. The van der Waals surface area contributed by atoms with Crippen molar-refractivity contribution in [2.75, 3.05) is 25.1 Å². The van der Waals surface area contributed by atoms with Crippen molar-refractivity contribution in [2.24, 2.45) is 0 Å². The molecule has 0 atom stereocenters. The number of rotatable bonds is 5. The van der Waals surface area contributed by atoms with Gasteiger partial charge in [-0.3, -0.25) is 4.79 Å². The molecule has 0 aliphatic rings. The molecule has 5 nitrogen and oxygen atoms in total. The van der Waals surface area contributed by atoms with E-state index in [0.717, 1.165) is 6.42 Å². The Kier molecular flexibility index (Phi) is 4.98. The average molecular weight is 244 g/mol. The molecular weight excluding hydrogens is 230 g/mol. The van der Waals surface area contributed by atoms with Gasteiger partial charge in [0.1, 0.15) is 6.54 Å². The van der Waals surface area contributed by atoms with E-state index < -0.39 is 0 Å². The molecular formula is C10H14ClN3O2. The first-order chi connectivity index (χ1) is 7.67. The van der Waals surface area contributed by atoms with Gasteiger partial charge in [-0.05, 0) is 6.42 Å². The van der Waals surface area contributed by atoms with Crippen LogP contribution in [0.3, 0.4) is 0 Å². The first-order valence-corrected chi connectivity index (χ1v) is 5.34. The second-order valence-corrected chi connectivity index (χ2v) is 3.64. The van der Waals surface area contributed by atoms with E-state index in [9.17, 15) is 4.79 Å². The van der Waals surface area contributed by atoms with Crippen molar-refractivity contribution in [1.82, 2.24) is 9.97 Å². The molecule has 0 unspecified atom stereocenters. The summed E-state index contributed by atoms with van der Waals surface area (Å²) in [6.07, 6.45) is 3.90. The fraction of sp³-hybridized carbons (Fsp3) is 0.500. The van der Waals surface area contributed by atoms with Crippen LogP contribution in [0, 0.1) is 0 Å². The van der Waals surface area contributed by atoms with Crippen molar-refractivity contribution in [1.29, 1.82) is 0 Å². The van der Waals surface area contributed by atoms with Crippen molar-refractivity contribution in [2.45, 2.75) is 13.3 Å². The van der Waals surface area contributed by atoms with Crippen LogP contribution >= 0.6 is 11.6 Å². The van der Waals surface area contributed by atoms with Crippen LogP contribution in [0.2, 0.25) is 5.02 Å². The van der Waals surface area contributed by atoms with Gasteiger partial charge in [-0.1, -0.05) is 18.5 Å². The number of hydrogen-bond donors (Lipinski definition) is 0. The van der Waals surface area contributed by atoms with E-state index in [1.165, 1.54) is 19.5 Å². The molecule has 0 amide bonds. The van der Waals surface area contributed by atoms with E-state index >= 15 is 0 Å². The van der Waals surface area contributed by atoms with Gasteiger partial charge in [-0.15, -0.1) is 0 Å². The summed E-state index contributed by atoms with van der Waals surface area (Å²) in [5.41, 5.74) is 0.